The number of amides is 2. The Morgan fingerprint density at radius 3 is 2.77 bits per heavy atom. The maximum atomic E-state index is 11.3. The van der Waals surface area contributed by atoms with Gasteiger partial charge >= 0.3 is 12.0 Å². The van der Waals surface area contributed by atoms with Gasteiger partial charge in [-0.1, -0.05) is 6.08 Å². The number of urea groups is 1. The van der Waals surface area contributed by atoms with E-state index in [0.29, 0.717) is 19.6 Å². The van der Waals surface area contributed by atoms with Crippen LogP contribution in [0.3, 0.4) is 0 Å². The summed E-state index contributed by atoms with van der Waals surface area (Å²) in [5.74, 6) is -0.986. The number of carboxylic acids is 1. The third-order valence-electron chi connectivity index (χ3n) is 1.89. The minimum atomic E-state index is -0.986. The average Bonchev–Trinajstić information content (AvgIpc) is 2.35. The molecule has 0 aromatic heterocycles. The fourth-order valence-corrected chi connectivity index (χ4v) is 1.15. The average molecular weight is 184 g/mol. The first-order chi connectivity index (χ1) is 6.11. The first-order valence-electron chi connectivity index (χ1n) is 4.01. The molecule has 0 unspecified atom stereocenters. The summed E-state index contributed by atoms with van der Waals surface area (Å²) in [7, 11) is 1.73. The minimum Gasteiger partial charge on any atom is -0.478 e. The van der Waals surface area contributed by atoms with Crippen molar-refractivity contribution in [1.29, 1.82) is 0 Å². The molecule has 2 amide bonds. The molecule has 13 heavy (non-hydrogen) atoms. The third kappa shape index (κ3) is 2.47. The topological polar surface area (TPSA) is 60.9 Å². The van der Waals surface area contributed by atoms with Gasteiger partial charge in [-0.05, 0) is 0 Å². The van der Waals surface area contributed by atoms with Gasteiger partial charge in [-0.2, -0.15) is 0 Å². The van der Waals surface area contributed by atoms with E-state index in [2.05, 4.69) is 0 Å². The summed E-state index contributed by atoms with van der Waals surface area (Å²) in [6.45, 7) is 1.74. The van der Waals surface area contributed by atoms with Crippen molar-refractivity contribution in [3.05, 3.63) is 12.2 Å². The highest BCUT2D eigenvalue weighted by molar-refractivity contribution is 5.80. The number of carboxylic acid groups (broad SMARTS) is 1. The first kappa shape index (κ1) is 9.57. The summed E-state index contributed by atoms with van der Waals surface area (Å²) in [5, 5.41) is 8.30. The Bertz CT molecular complexity index is 250. The standard InChI is InChI=1S/C8H12N2O3/c1-9-5-6-10(8(9)13)4-2-3-7(11)12/h2-3H,4-6H2,1H3,(H,11,12). The molecule has 1 rings (SSSR count). The number of nitrogens with zero attached hydrogens (tertiary/aromatic N) is 2. The number of aliphatic carboxylic acids is 1. The highest BCUT2D eigenvalue weighted by atomic mass is 16.4. The molecule has 0 saturated carbocycles. The monoisotopic (exact) mass is 184 g/mol. The van der Waals surface area contributed by atoms with Crippen molar-refractivity contribution in [2.24, 2.45) is 0 Å². The van der Waals surface area contributed by atoms with E-state index in [9.17, 15) is 9.59 Å². The van der Waals surface area contributed by atoms with Crippen LogP contribution in [-0.4, -0.2) is 53.6 Å². The molecule has 72 valence electrons. The van der Waals surface area contributed by atoms with Crippen LogP contribution in [0.15, 0.2) is 12.2 Å². The number of likely N-dealkylation sites (N-methyl/N-ethyl adjacent to an activating group) is 1. The van der Waals surface area contributed by atoms with E-state index in [4.69, 9.17) is 5.11 Å². The highest BCUT2D eigenvalue weighted by Crippen LogP contribution is 2.04. The molecule has 1 fully saturated rings. The van der Waals surface area contributed by atoms with Crippen molar-refractivity contribution >= 4 is 12.0 Å². The second kappa shape index (κ2) is 3.93. The predicted molar refractivity (Wildman–Crippen MR) is 46.4 cm³/mol. The molecule has 1 aliphatic rings. The molecule has 0 aliphatic carbocycles. The van der Waals surface area contributed by atoms with Gasteiger partial charge in [0.05, 0.1) is 0 Å². The van der Waals surface area contributed by atoms with Gasteiger partial charge in [-0.15, -0.1) is 0 Å². The van der Waals surface area contributed by atoms with Gasteiger partial charge in [0.15, 0.2) is 0 Å². The van der Waals surface area contributed by atoms with Crippen LogP contribution < -0.4 is 0 Å². The molecule has 5 heteroatoms. The molecule has 0 bridgehead atoms. The lowest BCUT2D eigenvalue weighted by atomic mass is 10.4. The zero-order valence-corrected chi connectivity index (χ0v) is 7.43. The van der Waals surface area contributed by atoms with Gasteiger partial charge in [0, 0.05) is 32.8 Å². The molecule has 1 saturated heterocycles. The second-order valence-corrected chi connectivity index (χ2v) is 2.89. The molecule has 0 aromatic rings. The smallest absolute Gasteiger partial charge is 0.328 e. The summed E-state index contributed by atoms with van der Waals surface area (Å²) in [6.07, 6.45) is 2.52. The van der Waals surface area contributed by atoms with Crippen molar-refractivity contribution in [3.63, 3.8) is 0 Å². The van der Waals surface area contributed by atoms with E-state index in [0.717, 1.165) is 6.08 Å². The van der Waals surface area contributed by atoms with E-state index in [1.54, 1.807) is 16.8 Å². The van der Waals surface area contributed by atoms with Gasteiger partial charge in [0.1, 0.15) is 0 Å². The number of hydrogen-bond acceptors (Lipinski definition) is 2. The second-order valence-electron chi connectivity index (χ2n) is 2.89. The molecule has 0 atom stereocenters. The van der Waals surface area contributed by atoms with Crippen LogP contribution >= 0.6 is 0 Å². The van der Waals surface area contributed by atoms with Gasteiger partial charge in [-0.3, -0.25) is 0 Å². The van der Waals surface area contributed by atoms with E-state index in [1.807, 2.05) is 0 Å². The normalized spacial score (nSPS) is 17.5. The highest BCUT2D eigenvalue weighted by Gasteiger charge is 2.23. The Balaban J connectivity index is 2.39. The van der Waals surface area contributed by atoms with E-state index < -0.39 is 5.97 Å². The summed E-state index contributed by atoms with van der Waals surface area (Å²) in [5.41, 5.74) is 0. The lowest BCUT2D eigenvalue weighted by Gasteiger charge is -2.12. The molecule has 5 nitrogen and oxygen atoms in total. The van der Waals surface area contributed by atoms with Crippen LogP contribution in [0, 0.1) is 0 Å². The van der Waals surface area contributed by atoms with Crippen molar-refractivity contribution in [2.45, 2.75) is 0 Å². The summed E-state index contributed by atoms with van der Waals surface area (Å²) < 4.78 is 0. The fourth-order valence-electron chi connectivity index (χ4n) is 1.15. The lowest BCUT2D eigenvalue weighted by molar-refractivity contribution is -0.131. The largest absolute Gasteiger partial charge is 0.478 e. The zero-order valence-electron chi connectivity index (χ0n) is 7.43. The van der Waals surface area contributed by atoms with Crippen LogP contribution in [0.5, 0.6) is 0 Å². The molecule has 0 spiro atoms. The Morgan fingerprint density at radius 2 is 2.31 bits per heavy atom. The summed E-state index contributed by atoms with van der Waals surface area (Å²) in [4.78, 5) is 24.6. The number of rotatable bonds is 3. The minimum absolute atomic E-state index is 0.0463. The Morgan fingerprint density at radius 1 is 1.62 bits per heavy atom. The van der Waals surface area contributed by atoms with Crippen molar-refractivity contribution < 1.29 is 14.7 Å². The van der Waals surface area contributed by atoms with Crippen LogP contribution in [-0.2, 0) is 4.79 Å². The summed E-state index contributed by atoms with van der Waals surface area (Å²) in [6, 6.07) is -0.0463. The Labute approximate surface area is 76.2 Å². The Kier molecular flexibility index (Phi) is 2.89. The number of hydrogen-bond donors (Lipinski definition) is 1. The van der Waals surface area contributed by atoms with Gasteiger partial charge < -0.3 is 14.9 Å². The first-order valence-corrected chi connectivity index (χ1v) is 4.01. The molecule has 1 aliphatic heterocycles. The molecule has 0 radical (unpaired) electrons. The Hall–Kier alpha value is -1.52. The molecule has 0 aromatic carbocycles. The molecular formula is C8H12N2O3. The van der Waals surface area contributed by atoms with E-state index >= 15 is 0 Å². The molecule has 1 heterocycles. The fraction of sp³-hybridized carbons (Fsp3) is 0.500. The zero-order chi connectivity index (χ0) is 9.84. The maximum Gasteiger partial charge on any atom is 0.328 e. The van der Waals surface area contributed by atoms with E-state index in [1.165, 1.54) is 6.08 Å². The quantitative estimate of drug-likeness (QED) is 0.628. The van der Waals surface area contributed by atoms with E-state index in [-0.39, 0.29) is 6.03 Å². The van der Waals surface area contributed by atoms with Crippen LogP contribution in [0.1, 0.15) is 0 Å². The molecular weight excluding hydrogens is 172 g/mol. The van der Waals surface area contributed by atoms with Crippen LogP contribution in [0.25, 0.3) is 0 Å². The van der Waals surface area contributed by atoms with Gasteiger partial charge in [0.25, 0.3) is 0 Å². The molecule has 1 N–H and O–H groups in total. The predicted octanol–water partition coefficient (Wildman–Crippen LogP) is -0.00540. The van der Waals surface area contributed by atoms with Crippen LogP contribution in [0.2, 0.25) is 0 Å². The maximum absolute atomic E-state index is 11.3. The van der Waals surface area contributed by atoms with Gasteiger partial charge in [-0.25, -0.2) is 9.59 Å². The van der Waals surface area contributed by atoms with Crippen molar-refractivity contribution in [2.75, 3.05) is 26.7 Å². The SMILES string of the molecule is CN1CCN(CC=CC(=O)O)C1=O. The third-order valence-corrected chi connectivity index (χ3v) is 1.89. The lowest BCUT2D eigenvalue weighted by Crippen LogP contribution is -2.29. The summed E-state index contributed by atoms with van der Waals surface area (Å²) >= 11 is 0. The van der Waals surface area contributed by atoms with Crippen LogP contribution in [0.4, 0.5) is 4.79 Å². The van der Waals surface area contributed by atoms with Gasteiger partial charge in [0.2, 0.25) is 0 Å². The number of carbonyl (C=O) groups excluding carboxylic acids is 1. The van der Waals surface area contributed by atoms with Crippen molar-refractivity contribution in [3.8, 4) is 0 Å². The number of carbonyl (C=O) groups is 2. The van der Waals surface area contributed by atoms with Crippen molar-refractivity contribution in [1.82, 2.24) is 9.80 Å².